The smallest absolute Gasteiger partial charge is 0.372 e. The first-order chi connectivity index (χ1) is 4.24. The summed E-state index contributed by atoms with van der Waals surface area (Å²) in [5.74, 6) is -0.679. The number of nitrogen functional groups attached to an aromatic ring is 1. The van der Waals surface area contributed by atoms with Crippen LogP contribution in [0.4, 0.5) is 11.8 Å². The summed E-state index contributed by atoms with van der Waals surface area (Å²) in [6, 6.07) is 0. The molecule has 0 bridgehead atoms. The highest BCUT2D eigenvalue weighted by Crippen LogP contribution is 2.16. The monoisotopic (exact) mass is 242 g/mol. The van der Waals surface area contributed by atoms with Gasteiger partial charge in [-0.15, -0.1) is 0 Å². The summed E-state index contributed by atoms with van der Waals surface area (Å²) >= 11 is 1.77. The van der Waals surface area contributed by atoms with Crippen LogP contribution in [0.1, 0.15) is 0 Å². The van der Waals surface area contributed by atoms with Crippen molar-refractivity contribution >= 4 is 34.6 Å². The van der Waals surface area contributed by atoms with Gasteiger partial charge in [0.1, 0.15) is 0 Å². The molecule has 0 aliphatic carbocycles. The molecule has 5 nitrogen and oxygen atoms in total. The number of nitrogens with one attached hydrogen (secondary N) is 1. The van der Waals surface area contributed by atoms with Gasteiger partial charge in [-0.1, -0.05) is 0 Å². The molecular formula is C3H3IN2O3. The van der Waals surface area contributed by atoms with Crippen LogP contribution in [0.15, 0.2) is 13.6 Å². The number of nitrogens with two attached hydrogens (primary N) is 1. The Balaban J connectivity index is 3.16. The molecule has 0 aromatic carbocycles. The predicted octanol–water partition coefficient (Wildman–Crippen LogP) is 0.577. The molecule has 0 aliphatic rings. The van der Waals surface area contributed by atoms with Crippen molar-refractivity contribution in [2.24, 2.45) is 0 Å². The molecule has 6 heteroatoms. The topological polar surface area (TPSA) is 81.4 Å². The maximum absolute atomic E-state index is 10.2. The van der Waals surface area contributed by atoms with Crippen molar-refractivity contribution in [3.63, 3.8) is 0 Å². The second-order valence-electron chi connectivity index (χ2n) is 1.24. The van der Waals surface area contributed by atoms with Gasteiger partial charge in [0.05, 0.1) is 22.9 Å². The molecule has 0 atom stereocenters. The fraction of sp³-hybridized carbons (Fsp3) is 0. The average molecular weight is 242 g/mol. The van der Waals surface area contributed by atoms with Gasteiger partial charge in [0.25, 0.3) is 11.8 Å². The molecule has 0 spiro atoms. The van der Waals surface area contributed by atoms with E-state index in [0.29, 0.717) is 0 Å². The van der Waals surface area contributed by atoms with E-state index in [1.54, 1.807) is 22.9 Å². The lowest BCUT2D eigenvalue weighted by atomic mass is 10.8. The van der Waals surface area contributed by atoms with Gasteiger partial charge in [0.15, 0.2) is 0 Å². The number of rotatable bonds is 1. The van der Waals surface area contributed by atoms with Crippen LogP contribution in [-0.4, -0.2) is 0 Å². The van der Waals surface area contributed by atoms with E-state index in [4.69, 9.17) is 5.73 Å². The Kier molecular flexibility index (Phi) is 1.65. The second-order valence-corrected chi connectivity index (χ2v) is 1.78. The Labute approximate surface area is 63.7 Å². The summed E-state index contributed by atoms with van der Waals surface area (Å²) in [6.07, 6.45) is 0. The van der Waals surface area contributed by atoms with Crippen molar-refractivity contribution in [2.75, 3.05) is 9.26 Å². The van der Waals surface area contributed by atoms with Gasteiger partial charge in [-0.05, 0) is 0 Å². The summed E-state index contributed by atoms with van der Waals surface area (Å²) < 4.78 is 11.2. The van der Waals surface area contributed by atoms with E-state index in [1.165, 1.54) is 0 Å². The number of hydrogen-bond acceptors (Lipinski definition) is 5. The van der Waals surface area contributed by atoms with Gasteiger partial charge >= 0.3 is 5.82 Å². The van der Waals surface area contributed by atoms with Crippen LogP contribution >= 0.6 is 22.9 Å². The Bertz CT molecular complexity index is 252. The highest BCUT2D eigenvalue weighted by molar-refractivity contribution is 14.1. The molecule has 1 rings (SSSR count). The van der Waals surface area contributed by atoms with E-state index >= 15 is 0 Å². The minimum atomic E-state index is -0.799. The molecule has 0 aliphatic heterocycles. The Hall–Kier alpha value is -0.660. The third-order valence-corrected chi connectivity index (χ3v) is 1.18. The molecular weight excluding hydrogens is 239 g/mol. The van der Waals surface area contributed by atoms with E-state index in [9.17, 15) is 4.79 Å². The van der Waals surface area contributed by atoms with Crippen molar-refractivity contribution in [1.29, 1.82) is 0 Å². The van der Waals surface area contributed by atoms with Gasteiger partial charge in [0.2, 0.25) is 0 Å². The summed E-state index contributed by atoms with van der Waals surface area (Å²) in [7, 11) is 0. The molecule has 1 heterocycles. The van der Waals surface area contributed by atoms with Crippen LogP contribution < -0.4 is 15.1 Å². The van der Waals surface area contributed by atoms with Crippen molar-refractivity contribution < 1.29 is 8.83 Å². The molecule has 0 saturated heterocycles. The largest absolute Gasteiger partial charge is 0.522 e. The Morgan fingerprint density at radius 1 is 1.56 bits per heavy atom. The van der Waals surface area contributed by atoms with Gasteiger partial charge < -0.3 is 14.6 Å². The fourth-order valence-electron chi connectivity index (χ4n) is 0.356. The third-order valence-electron chi connectivity index (χ3n) is 0.688. The predicted molar refractivity (Wildman–Crippen MR) is 39.3 cm³/mol. The van der Waals surface area contributed by atoms with Gasteiger partial charge in [-0.2, -0.15) is 0 Å². The highest BCUT2D eigenvalue weighted by Gasteiger charge is 2.05. The van der Waals surface area contributed by atoms with Crippen LogP contribution in [0.3, 0.4) is 0 Å². The lowest BCUT2D eigenvalue weighted by molar-refractivity contribution is 0.396. The third kappa shape index (κ3) is 1.18. The zero-order chi connectivity index (χ0) is 6.85. The van der Waals surface area contributed by atoms with Crippen molar-refractivity contribution in [3.8, 4) is 0 Å². The highest BCUT2D eigenvalue weighted by atomic mass is 127. The Morgan fingerprint density at radius 3 is 2.44 bits per heavy atom. The number of halogens is 1. The SMILES string of the molecule is Nc1oc(=O)oc1NI. The normalized spacial score (nSPS) is 9.44. The number of hydrogen-bond donors (Lipinski definition) is 2. The van der Waals surface area contributed by atoms with Gasteiger partial charge in [-0.3, -0.25) is 3.53 Å². The maximum Gasteiger partial charge on any atom is 0.522 e. The van der Waals surface area contributed by atoms with Crippen LogP contribution in [0.25, 0.3) is 0 Å². The molecule has 0 radical (unpaired) electrons. The van der Waals surface area contributed by atoms with Crippen LogP contribution in [0, 0.1) is 0 Å². The molecule has 3 N–H and O–H groups in total. The van der Waals surface area contributed by atoms with Crippen LogP contribution in [-0.2, 0) is 0 Å². The van der Waals surface area contributed by atoms with E-state index in [0.717, 1.165) is 0 Å². The van der Waals surface area contributed by atoms with Crippen LogP contribution in [0.2, 0.25) is 0 Å². The summed E-state index contributed by atoms with van der Waals surface area (Å²) in [4.78, 5) is 10.2. The first-order valence-corrected chi connectivity index (χ1v) is 3.08. The summed E-state index contributed by atoms with van der Waals surface area (Å²) in [5.41, 5.74) is 5.12. The second kappa shape index (κ2) is 2.29. The molecule has 0 saturated carbocycles. The van der Waals surface area contributed by atoms with E-state index < -0.39 is 5.82 Å². The molecule has 1 aromatic heterocycles. The first kappa shape index (κ1) is 6.46. The van der Waals surface area contributed by atoms with Crippen molar-refractivity contribution in [1.82, 2.24) is 0 Å². The quantitative estimate of drug-likeness (QED) is 0.555. The lowest BCUT2D eigenvalue weighted by Gasteiger charge is -1.84. The maximum atomic E-state index is 10.2. The van der Waals surface area contributed by atoms with Gasteiger partial charge in [-0.25, -0.2) is 4.79 Å². The summed E-state index contributed by atoms with van der Waals surface area (Å²) in [6.45, 7) is 0. The number of anilines is 2. The molecule has 0 fully saturated rings. The Morgan fingerprint density at radius 2 is 2.22 bits per heavy atom. The molecule has 0 unspecified atom stereocenters. The fourth-order valence-corrected chi connectivity index (χ4v) is 0.732. The van der Waals surface area contributed by atoms with Crippen molar-refractivity contribution in [2.45, 2.75) is 0 Å². The minimum Gasteiger partial charge on any atom is -0.372 e. The molecule has 50 valence electrons. The standard InChI is InChI=1S/C3H3IN2O3/c4-6-2-1(5)8-3(7)9-2/h6H,5H2. The zero-order valence-electron chi connectivity index (χ0n) is 4.18. The van der Waals surface area contributed by atoms with E-state index in [2.05, 4.69) is 12.4 Å². The lowest BCUT2D eigenvalue weighted by Crippen LogP contribution is -1.86. The van der Waals surface area contributed by atoms with Crippen LogP contribution in [0.5, 0.6) is 0 Å². The van der Waals surface area contributed by atoms with E-state index in [-0.39, 0.29) is 11.8 Å². The minimum absolute atomic E-state index is 0.0330. The summed E-state index contributed by atoms with van der Waals surface area (Å²) in [5, 5.41) is 0. The first-order valence-electron chi connectivity index (χ1n) is 2.00. The molecule has 0 amide bonds. The molecule has 9 heavy (non-hydrogen) atoms. The van der Waals surface area contributed by atoms with Crippen molar-refractivity contribution in [3.05, 3.63) is 10.6 Å². The average Bonchev–Trinajstić information content (AvgIpc) is 2.10. The van der Waals surface area contributed by atoms with Gasteiger partial charge in [0, 0.05) is 0 Å². The van der Waals surface area contributed by atoms with E-state index in [1.807, 2.05) is 0 Å². The zero-order valence-corrected chi connectivity index (χ0v) is 6.34. The molecule has 1 aromatic rings.